The second kappa shape index (κ2) is 6.43. The molecule has 0 aromatic heterocycles. The molecule has 25 heavy (non-hydrogen) atoms. The zero-order valence-electron chi connectivity index (χ0n) is 14.0. The van der Waals surface area contributed by atoms with Gasteiger partial charge in [0.25, 0.3) is 0 Å². The van der Waals surface area contributed by atoms with Crippen molar-refractivity contribution in [1.82, 2.24) is 0 Å². The third kappa shape index (κ3) is 2.77. The normalized spacial score (nSPS) is 16.0. The molecule has 0 fully saturated rings. The Labute approximate surface area is 144 Å². The van der Waals surface area contributed by atoms with Crippen LogP contribution in [-0.4, -0.2) is 37.3 Å². The van der Waals surface area contributed by atoms with Crippen LogP contribution in [0.1, 0.15) is 17.2 Å². The summed E-state index contributed by atoms with van der Waals surface area (Å²) in [5, 5.41) is 20.3. The van der Waals surface area contributed by atoms with Crippen molar-refractivity contribution in [1.29, 1.82) is 0 Å². The summed E-state index contributed by atoms with van der Waals surface area (Å²) >= 11 is 0. The molecule has 132 valence electrons. The molecule has 2 aromatic rings. The number of phenolic OH excluding ortho intramolecular Hbond substituents is 2. The fourth-order valence-corrected chi connectivity index (χ4v) is 2.85. The van der Waals surface area contributed by atoms with Crippen LogP contribution in [0, 0.1) is 0 Å². The number of hydrogen-bond acceptors (Lipinski definition) is 7. The number of ketones is 1. The largest absolute Gasteiger partial charge is 0.504 e. The Hall–Kier alpha value is -3.09. The molecule has 0 spiro atoms. The highest BCUT2D eigenvalue weighted by Gasteiger charge is 2.34. The summed E-state index contributed by atoms with van der Waals surface area (Å²) in [5.74, 6) is 0.562. The molecule has 7 heteroatoms. The standard InChI is InChI=1S/C18H18O7/c1-22-13-5-4-9(6-11(13)19)17-12(20)7-10-14(25-17)8-15(23-2)18(24-3)16(10)21/h4-6,8,17,19,21H,7H2,1-3H3. The van der Waals surface area contributed by atoms with E-state index in [9.17, 15) is 15.0 Å². The van der Waals surface area contributed by atoms with Crippen LogP contribution in [-0.2, 0) is 11.2 Å². The number of phenols is 2. The molecular formula is C18H18O7. The molecule has 0 bridgehead atoms. The van der Waals surface area contributed by atoms with E-state index >= 15 is 0 Å². The molecule has 0 radical (unpaired) electrons. The third-order valence-electron chi connectivity index (χ3n) is 4.10. The first-order valence-electron chi connectivity index (χ1n) is 7.53. The van der Waals surface area contributed by atoms with E-state index in [-0.39, 0.29) is 29.5 Å². The van der Waals surface area contributed by atoms with Gasteiger partial charge in [-0.25, -0.2) is 0 Å². The molecule has 0 aliphatic carbocycles. The van der Waals surface area contributed by atoms with E-state index in [0.717, 1.165) is 0 Å². The minimum absolute atomic E-state index is 0.0288. The van der Waals surface area contributed by atoms with Gasteiger partial charge in [-0.2, -0.15) is 0 Å². The molecule has 2 N–H and O–H groups in total. The first kappa shape index (κ1) is 16.8. The first-order chi connectivity index (χ1) is 12.0. The Bertz CT molecular complexity index is 829. The quantitative estimate of drug-likeness (QED) is 0.877. The van der Waals surface area contributed by atoms with Crippen molar-refractivity contribution in [2.75, 3.05) is 21.3 Å². The van der Waals surface area contributed by atoms with E-state index in [1.54, 1.807) is 18.2 Å². The third-order valence-corrected chi connectivity index (χ3v) is 4.10. The van der Waals surface area contributed by atoms with Gasteiger partial charge in [0.15, 0.2) is 34.9 Å². The van der Waals surface area contributed by atoms with Crippen LogP contribution in [0.25, 0.3) is 0 Å². The Morgan fingerprint density at radius 2 is 1.76 bits per heavy atom. The number of fused-ring (bicyclic) bond motifs is 1. The van der Waals surface area contributed by atoms with Gasteiger partial charge in [0.05, 0.1) is 21.3 Å². The van der Waals surface area contributed by atoms with Crippen molar-refractivity contribution in [2.24, 2.45) is 0 Å². The maximum atomic E-state index is 12.5. The fourth-order valence-electron chi connectivity index (χ4n) is 2.85. The summed E-state index contributed by atoms with van der Waals surface area (Å²) in [5.41, 5.74) is 0.833. The van der Waals surface area contributed by atoms with Crippen molar-refractivity contribution in [3.8, 4) is 34.5 Å². The van der Waals surface area contributed by atoms with Gasteiger partial charge in [0.1, 0.15) is 5.75 Å². The molecule has 1 atom stereocenters. The van der Waals surface area contributed by atoms with E-state index in [2.05, 4.69) is 0 Å². The van der Waals surface area contributed by atoms with Gasteiger partial charge < -0.3 is 29.2 Å². The van der Waals surface area contributed by atoms with Gasteiger partial charge in [-0.15, -0.1) is 0 Å². The molecule has 1 aliphatic rings. The molecule has 3 rings (SSSR count). The number of ether oxygens (including phenoxy) is 4. The summed E-state index contributed by atoms with van der Waals surface area (Å²) in [6.07, 6.45) is -0.930. The Morgan fingerprint density at radius 3 is 2.36 bits per heavy atom. The summed E-state index contributed by atoms with van der Waals surface area (Å²) in [4.78, 5) is 12.5. The van der Waals surface area contributed by atoms with Gasteiger partial charge in [0.2, 0.25) is 5.75 Å². The van der Waals surface area contributed by atoms with Gasteiger partial charge in [-0.1, -0.05) is 6.07 Å². The molecule has 1 heterocycles. The van der Waals surface area contributed by atoms with Crippen LogP contribution in [0.5, 0.6) is 34.5 Å². The van der Waals surface area contributed by atoms with Crippen LogP contribution in [0.4, 0.5) is 0 Å². The van der Waals surface area contributed by atoms with Crippen LogP contribution >= 0.6 is 0 Å². The van der Waals surface area contributed by atoms with E-state index in [0.29, 0.717) is 28.4 Å². The molecule has 7 nitrogen and oxygen atoms in total. The highest BCUT2D eigenvalue weighted by atomic mass is 16.5. The predicted molar refractivity (Wildman–Crippen MR) is 87.9 cm³/mol. The second-order valence-corrected chi connectivity index (χ2v) is 5.51. The van der Waals surface area contributed by atoms with E-state index in [4.69, 9.17) is 18.9 Å². The molecule has 0 saturated carbocycles. The second-order valence-electron chi connectivity index (χ2n) is 5.51. The molecule has 0 amide bonds. The first-order valence-corrected chi connectivity index (χ1v) is 7.53. The average Bonchev–Trinajstić information content (AvgIpc) is 2.61. The van der Waals surface area contributed by atoms with Crippen molar-refractivity contribution >= 4 is 5.78 Å². The lowest BCUT2D eigenvalue weighted by atomic mass is 9.95. The van der Waals surface area contributed by atoms with Crippen molar-refractivity contribution in [3.63, 3.8) is 0 Å². The average molecular weight is 346 g/mol. The minimum Gasteiger partial charge on any atom is -0.504 e. The van der Waals surface area contributed by atoms with Crippen LogP contribution in [0.15, 0.2) is 24.3 Å². The Kier molecular flexibility index (Phi) is 4.31. The van der Waals surface area contributed by atoms with Crippen molar-refractivity contribution in [3.05, 3.63) is 35.4 Å². The smallest absolute Gasteiger partial charge is 0.203 e. The predicted octanol–water partition coefficient (Wildman–Crippen LogP) is 2.37. The number of hydrogen-bond donors (Lipinski definition) is 2. The number of aromatic hydroxyl groups is 2. The fraction of sp³-hybridized carbons (Fsp3) is 0.278. The van der Waals surface area contributed by atoms with Gasteiger partial charge in [-0.05, 0) is 12.1 Å². The zero-order chi connectivity index (χ0) is 18.1. The van der Waals surface area contributed by atoms with Crippen molar-refractivity contribution in [2.45, 2.75) is 12.5 Å². The molecule has 0 saturated heterocycles. The maximum absolute atomic E-state index is 12.5. The molecular weight excluding hydrogens is 328 g/mol. The number of Topliss-reactive ketones (excluding diaryl/α,β-unsaturated/α-hetero) is 1. The van der Waals surface area contributed by atoms with Crippen LogP contribution < -0.4 is 18.9 Å². The molecule has 1 unspecified atom stereocenters. The Balaban J connectivity index is 2.02. The number of carbonyl (C=O) groups is 1. The summed E-state index contributed by atoms with van der Waals surface area (Å²) in [6, 6.07) is 6.19. The maximum Gasteiger partial charge on any atom is 0.203 e. The SMILES string of the molecule is COc1ccc(C2Oc3cc(OC)c(OC)c(O)c3CC2=O)cc1O. The van der Waals surface area contributed by atoms with Crippen LogP contribution in [0.3, 0.4) is 0 Å². The molecule has 2 aromatic carbocycles. The number of benzene rings is 2. The highest BCUT2D eigenvalue weighted by molar-refractivity contribution is 5.90. The van der Waals surface area contributed by atoms with E-state index < -0.39 is 6.10 Å². The minimum atomic E-state index is -0.901. The number of rotatable bonds is 4. The lowest BCUT2D eigenvalue weighted by molar-refractivity contribution is -0.126. The van der Waals surface area contributed by atoms with Gasteiger partial charge >= 0.3 is 0 Å². The number of carbonyl (C=O) groups excluding carboxylic acids is 1. The summed E-state index contributed by atoms with van der Waals surface area (Å²) < 4.78 is 21.1. The topological polar surface area (TPSA) is 94.5 Å². The monoisotopic (exact) mass is 346 g/mol. The van der Waals surface area contributed by atoms with Gasteiger partial charge in [-0.3, -0.25) is 4.79 Å². The highest BCUT2D eigenvalue weighted by Crippen LogP contribution is 2.48. The molecule has 1 aliphatic heterocycles. The van der Waals surface area contributed by atoms with E-state index in [1.807, 2.05) is 0 Å². The van der Waals surface area contributed by atoms with E-state index in [1.165, 1.54) is 27.4 Å². The van der Waals surface area contributed by atoms with Gasteiger partial charge in [0, 0.05) is 23.6 Å². The van der Waals surface area contributed by atoms with Crippen LogP contribution in [0.2, 0.25) is 0 Å². The lowest BCUT2D eigenvalue weighted by Crippen LogP contribution is -2.26. The zero-order valence-corrected chi connectivity index (χ0v) is 14.0. The summed E-state index contributed by atoms with van der Waals surface area (Å²) in [7, 11) is 4.28. The number of methoxy groups -OCH3 is 3. The Morgan fingerprint density at radius 1 is 1.04 bits per heavy atom. The summed E-state index contributed by atoms with van der Waals surface area (Å²) in [6.45, 7) is 0. The lowest BCUT2D eigenvalue weighted by Gasteiger charge is -2.27. The van der Waals surface area contributed by atoms with Crippen molar-refractivity contribution < 1.29 is 34.0 Å².